The molecule has 2 N–H and O–H groups in total. The molecule has 2 heterocycles. The molecule has 0 fully saturated rings. The maximum Gasteiger partial charge on any atom is 0.416 e. The smallest absolute Gasteiger partial charge is 0.416 e. The minimum Gasteiger partial charge on any atom is -0.493 e. The zero-order chi connectivity index (χ0) is 25.7. The first-order valence-electron chi connectivity index (χ1n) is 11.2. The van der Waals surface area contributed by atoms with Gasteiger partial charge in [0.15, 0.2) is 0 Å². The summed E-state index contributed by atoms with van der Waals surface area (Å²) in [5.41, 5.74) is 1.84. The molecule has 1 aromatic carbocycles. The van der Waals surface area contributed by atoms with Crippen LogP contribution in [0, 0.1) is 5.92 Å². The molecule has 0 bridgehead atoms. The van der Waals surface area contributed by atoms with Crippen LogP contribution < -0.4 is 10.1 Å². The zero-order valence-corrected chi connectivity index (χ0v) is 19.8. The number of aromatic nitrogens is 3. The molecular weight excluding hydrogens is 465 g/mol. The van der Waals surface area contributed by atoms with Crippen molar-refractivity contribution in [1.29, 1.82) is 0 Å². The molecule has 1 amide bonds. The Hall–Kier alpha value is -3.50. The van der Waals surface area contributed by atoms with Gasteiger partial charge in [-0.2, -0.15) is 5.10 Å². The van der Waals surface area contributed by atoms with Crippen molar-refractivity contribution in [3.05, 3.63) is 41.3 Å². The van der Waals surface area contributed by atoms with E-state index in [-0.39, 0.29) is 18.4 Å². The normalized spacial score (nSPS) is 16.5. The molecule has 35 heavy (non-hydrogen) atoms. The van der Waals surface area contributed by atoms with Crippen LogP contribution in [0.25, 0.3) is 10.9 Å². The van der Waals surface area contributed by atoms with Crippen molar-refractivity contribution in [3.63, 3.8) is 0 Å². The van der Waals surface area contributed by atoms with Gasteiger partial charge in [-0.3, -0.25) is 4.79 Å². The Bertz CT molecular complexity index is 1290. The van der Waals surface area contributed by atoms with Crippen LogP contribution in [0.3, 0.4) is 0 Å². The number of alkyl halides is 3. The van der Waals surface area contributed by atoms with Crippen LogP contribution in [-0.4, -0.2) is 44.5 Å². The quantitative estimate of drug-likeness (QED) is 0.496. The Kier molecular flexibility index (Phi) is 6.29. The van der Waals surface area contributed by atoms with Crippen molar-refractivity contribution >= 4 is 28.6 Å². The van der Waals surface area contributed by atoms with Gasteiger partial charge in [0.2, 0.25) is 5.91 Å². The van der Waals surface area contributed by atoms with Gasteiger partial charge in [-0.05, 0) is 36.6 Å². The maximum absolute atomic E-state index is 13.8. The molecular formula is C24H27F3N4O4. The number of nitrogens with zero attached hydrogens (tertiary/aromatic N) is 3. The number of carboxylic acid groups (broad SMARTS) is 1. The first kappa shape index (κ1) is 24.6. The standard InChI is InChI=1S/C24H27F3N4O4/c1-12(32)29-19-16-9-15(5-6-17(16)30(23(33)34)20(19)24(2,3)4)35-11-13-7-14-10-28-31(18(14)8-13)22(27)21(25)26/h5-6,9-10,13,21-22H,7-8,11H2,1-4H3,(H,29,32)(H,33,34). The van der Waals surface area contributed by atoms with E-state index in [4.69, 9.17) is 4.74 Å². The lowest BCUT2D eigenvalue weighted by atomic mass is 9.90. The summed E-state index contributed by atoms with van der Waals surface area (Å²) in [7, 11) is 0. The SMILES string of the molecule is CC(=O)Nc1c(C(C)(C)C)n(C(=O)O)c2ccc(OCC3Cc4cnn(C(F)C(F)F)c4C3)cc12. The predicted molar refractivity (Wildman–Crippen MR) is 123 cm³/mol. The highest BCUT2D eigenvalue weighted by Crippen LogP contribution is 2.40. The van der Waals surface area contributed by atoms with Gasteiger partial charge in [0, 0.05) is 29.3 Å². The third-order valence-electron chi connectivity index (χ3n) is 6.04. The molecule has 0 saturated heterocycles. The lowest BCUT2D eigenvalue weighted by Crippen LogP contribution is -2.23. The van der Waals surface area contributed by atoms with Crippen LogP contribution in [-0.2, 0) is 23.1 Å². The topological polar surface area (TPSA) is 98.4 Å². The second-order valence-corrected chi connectivity index (χ2v) is 9.81. The maximum atomic E-state index is 13.8. The second kappa shape index (κ2) is 8.94. The average Bonchev–Trinajstić information content (AvgIpc) is 3.42. The molecule has 3 aromatic rings. The highest BCUT2D eigenvalue weighted by Gasteiger charge is 2.33. The van der Waals surface area contributed by atoms with E-state index in [9.17, 15) is 27.9 Å². The number of halogens is 3. The molecule has 0 radical (unpaired) electrons. The Morgan fingerprint density at radius 3 is 2.57 bits per heavy atom. The second-order valence-electron chi connectivity index (χ2n) is 9.81. The Labute approximate surface area is 199 Å². The summed E-state index contributed by atoms with van der Waals surface area (Å²) in [6.45, 7) is 7.17. The number of hydrogen-bond donors (Lipinski definition) is 2. The highest BCUT2D eigenvalue weighted by atomic mass is 19.3. The summed E-state index contributed by atoms with van der Waals surface area (Å²) < 4.78 is 47.3. The van der Waals surface area contributed by atoms with Gasteiger partial charge in [0.05, 0.1) is 29.7 Å². The lowest BCUT2D eigenvalue weighted by molar-refractivity contribution is -0.114. The number of rotatable bonds is 6. The summed E-state index contributed by atoms with van der Waals surface area (Å²) in [6.07, 6.45) is -4.52. The highest BCUT2D eigenvalue weighted by molar-refractivity contribution is 6.06. The molecule has 2 aromatic heterocycles. The largest absolute Gasteiger partial charge is 0.493 e. The van der Waals surface area contributed by atoms with Gasteiger partial charge in [-0.25, -0.2) is 27.2 Å². The van der Waals surface area contributed by atoms with E-state index >= 15 is 0 Å². The summed E-state index contributed by atoms with van der Waals surface area (Å²) in [4.78, 5) is 24.0. The van der Waals surface area contributed by atoms with E-state index in [1.54, 1.807) is 18.2 Å². The van der Waals surface area contributed by atoms with E-state index in [2.05, 4.69) is 10.4 Å². The van der Waals surface area contributed by atoms with Crippen molar-refractivity contribution in [1.82, 2.24) is 14.3 Å². The van der Waals surface area contributed by atoms with Gasteiger partial charge in [-0.15, -0.1) is 0 Å². The van der Waals surface area contributed by atoms with Gasteiger partial charge in [0.1, 0.15) is 5.75 Å². The van der Waals surface area contributed by atoms with E-state index in [1.807, 2.05) is 20.8 Å². The number of ether oxygens (including phenoxy) is 1. The summed E-state index contributed by atoms with van der Waals surface area (Å²) in [6, 6.07) is 4.94. The number of benzene rings is 1. The van der Waals surface area contributed by atoms with Crippen molar-refractivity contribution in [2.75, 3.05) is 11.9 Å². The Morgan fingerprint density at radius 1 is 1.26 bits per heavy atom. The van der Waals surface area contributed by atoms with Crippen molar-refractivity contribution in [2.24, 2.45) is 5.92 Å². The minimum absolute atomic E-state index is 0.0570. The summed E-state index contributed by atoms with van der Waals surface area (Å²) in [5.74, 6) is 0.0676. The molecule has 0 aliphatic heterocycles. The van der Waals surface area contributed by atoms with Crippen LogP contribution in [0.2, 0.25) is 0 Å². The first-order chi connectivity index (χ1) is 16.4. The number of hydrogen-bond acceptors (Lipinski definition) is 4. The van der Waals surface area contributed by atoms with Crippen LogP contribution in [0.5, 0.6) is 5.75 Å². The van der Waals surface area contributed by atoms with Crippen molar-refractivity contribution < 1.29 is 32.6 Å². The van der Waals surface area contributed by atoms with Crippen LogP contribution in [0.4, 0.5) is 23.7 Å². The average molecular weight is 492 g/mol. The molecule has 11 heteroatoms. The van der Waals surface area contributed by atoms with E-state index in [0.717, 1.165) is 10.2 Å². The fourth-order valence-corrected chi connectivity index (χ4v) is 4.70. The molecule has 1 aliphatic carbocycles. The number of carbonyl (C=O) groups excluding carboxylic acids is 1. The van der Waals surface area contributed by atoms with Crippen LogP contribution >= 0.6 is 0 Å². The fraction of sp³-hybridized carbons (Fsp3) is 0.458. The zero-order valence-electron chi connectivity index (χ0n) is 19.8. The monoisotopic (exact) mass is 492 g/mol. The molecule has 188 valence electrons. The molecule has 8 nitrogen and oxygen atoms in total. The van der Waals surface area contributed by atoms with Gasteiger partial charge >= 0.3 is 6.09 Å². The van der Waals surface area contributed by atoms with E-state index in [0.29, 0.717) is 46.6 Å². The number of amides is 1. The Morgan fingerprint density at radius 2 is 1.97 bits per heavy atom. The predicted octanol–water partition coefficient (Wildman–Crippen LogP) is 5.15. The number of fused-ring (bicyclic) bond motifs is 2. The first-order valence-corrected chi connectivity index (χ1v) is 11.2. The Balaban J connectivity index is 1.60. The number of carbonyl (C=O) groups is 2. The lowest BCUT2D eigenvalue weighted by Gasteiger charge is -2.22. The molecule has 2 atom stereocenters. The molecule has 2 unspecified atom stereocenters. The third-order valence-corrected chi connectivity index (χ3v) is 6.04. The molecule has 4 rings (SSSR count). The summed E-state index contributed by atoms with van der Waals surface area (Å²) >= 11 is 0. The number of nitrogens with one attached hydrogen (secondary N) is 1. The minimum atomic E-state index is -3.16. The fourth-order valence-electron chi connectivity index (χ4n) is 4.70. The molecule has 0 spiro atoms. The van der Waals surface area contributed by atoms with Crippen molar-refractivity contribution in [3.8, 4) is 5.75 Å². The van der Waals surface area contributed by atoms with E-state index < -0.39 is 24.2 Å². The van der Waals surface area contributed by atoms with Gasteiger partial charge in [-0.1, -0.05) is 20.8 Å². The third kappa shape index (κ3) is 4.59. The van der Waals surface area contributed by atoms with Gasteiger partial charge in [0.25, 0.3) is 12.7 Å². The van der Waals surface area contributed by atoms with Gasteiger partial charge < -0.3 is 15.2 Å². The van der Waals surface area contributed by atoms with E-state index in [1.165, 1.54) is 17.7 Å². The van der Waals surface area contributed by atoms with Crippen LogP contribution in [0.1, 0.15) is 50.9 Å². The molecule has 1 aliphatic rings. The molecule has 0 saturated carbocycles. The summed E-state index contributed by atoms with van der Waals surface area (Å²) in [5, 5.41) is 16.9. The number of anilines is 1. The van der Waals surface area contributed by atoms with Crippen LogP contribution in [0.15, 0.2) is 24.4 Å². The van der Waals surface area contributed by atoms with Crippen molar-refractivity contribution in [2.45, 2.75) is 58.7 Å².